The molecule has 45 valence electrons. The van der Waals surface area contributed by atoms with Crippen molar-refractivity contribution in [1.82, 2.24) is 0 Å². The van der Waals surface area contributed by atoms with Gasteiger partial charge in [0.2, 0.25) is 0 Å². The van der Waals surface area contributed by atoms with E-state index in [-0.39, 0.29) is 67.2 Å². The van der Waals surface area contributed by atoms with E-state index < -0.39 is 9.05 Å². The Morgan fingerprint density at radius 2 is 1.00 bits per heavy atom. The predicted octanol–water partition coefficient (Wildman–Crippen LogP) is -5.50. The largest absolute Gasteiger partial charge is 1.00 e. The van der Waals surface area contributed by atoms with Crippen LogP contribution in [0, 0.1) is 0 Å². The molecule has 0 saturated carbocycles. The number of hydrogen-bond acceptors (Lipinski definition) is 4. The van der Waals surface area contributed by atoms with Gasteiger partial charge in [0.25, 0.3) is 0 Å². The Kier molecular flexibility index (Phi) is 25.8. The summed E-state index contributed by atoms with van der Waals surface area (Å²) in [7, 11) is -4.61. The fourth-order valence-corrected chi connectivity index (χ4v) is 0. The first-order valence-electron chi connectivity index (χ1n) is 0.894. The van der Waals surface area contributed by atoms with Crippen LogP contribution in [0.2, 0.25) is 0 Å². The summed E-state index contributed by atoms with van der Waals surface area (Å²) in [4.78, 5) is 29.3. The first-order chi connectivity index (χ1) is 2.00. The molecule has 0 aromatic rings. The molecule has 0 bridgehead atoms. The van der Waals surface area contributed by atoms with Crippen LogP contribution >= 0.6 is 0 Å². The fourth-order valence-electron chi connectivity index (χ4n) is 0. The maximum atomic E-state index is 7.33. The van der Waals surface area contributed by atoms with Gasteiger partial charge in [0, 0.05) is 36.3 Å². The smallest absolute Gasteiger partial charge is 1.00 e. The Hall–Kier alpha value is 2.19. The van der Waals surface area contributed by atoms with Crippen LogP contribution in [0.1, 0.15) is 1.43 Å². The SMILES string of the molecule is O[Si](O)(O)O.[Co].[H-].[Na+].[Zn]. The van der Waals surface area contributed by atoms with Crippen molar-refractivity contribution in [3.8, 4) is 0 Å². The van der Waals surface area contributed by atoms with Crippen LogP contribution in [0.25, 0.3) is 0 Å². The third kappa shape index (κ3) is 88.4. The minimum Gasteiger partial charge on any atom is -1.00 e. The number of rotatable bonds is 0. The molecule has 0 atom stereocenters. The molecule has 1 radical (unpaired) electrons. The Morgan fingerprint density at radius 3 is 1.00 bits per heavy atom. The molecule has 4 nitrogen and oxygen atoms in total. The molecule has 0 amide bonds. The molecule has 8 heteroatoms. The molecular weight excluding hydrogens is 239 g/mol. The average molecular weight is 244 g/mol. The summed E-state index contributed by atoms with van der Waals surface area (Å²) in [6, 6.07) is 0. The van der Waals surface area contributed by atoms with E-state index in [1.165, 1.54) is 0 Å². The summed E-state index contributed by atoms with van der Waals surface area (Å²) >= 11 is 0. The minimum atomic E-state index is -4.61. The Morgan fingerprint density at radius 1 is 1.00 bits per heavy atom. The summed E-state index contributed by atoms with van der Waals surface area (Å²) in [6.07, 6.45) is 0. The second-order valence-electron chi connectivity index (χ2n) is 0.600. The maximum Gasteiger partial charge on any atom is 1.00 e. The molecule has 0 fully saturated rings. The van der Waals surface area contributed by atoms with E-state index in [9.17, 15) is 0 Å². The van der Waals surface area contributed by atoms with Crippen LogP contribution in [-0.2, 0) is 36.3 Å². The Bertz CT molecular complexity index is 36.0. The van der Waals surface area contributed by atoms with Gasteiger partial charge in [-0.1, -0.05) is 0 Å². The fraction of sp³-hybridized carbons (Fsp3) is 0. The quantitative estimate of drug-likeness (QED) is 0.321. The average Bonchev–Trinajstić information content (AvgIpc) is 0.722. The molecule has 0 aliphatic rings. The zero-order chi connectivity index (χ0) is 4.50. The summed E-state index contributed by atoms with van der Waals surface area (Å²) in [5.74, 6) is 0. The zero-order valence-electron chi connectivity index (χ0n) is 5.33. The van der Waals surface area contributed by atoms with Gasteiger partial charge in [-0.2, -0.15) is 0 Å². The molecule has 0 spiro atoms. The van der Waals surface area contributed by atoms with E-state index in [0.29, 0.717) is 0 Å². The van der Waals surface area contributed by atoms with Crippen LogP contribution in [0.15, 0.2) is 0 Å². The van der Waals surface area contributed by atoms with Crippen molar-refractivity contribution in [1.29, 1.82) is 0 Å². The van der Waals surface area contributed by atoms with Gasteiger partial charge in [0.1, 0.15) is 0 Å². The van der Waals surface area contributed by atoms with E-state index in [1.807, 2.05) is 0 Å². The van der Waals surface area contributed by atoms with E-state index in [0.717, 1.165) is 0 Å². The molecule has 0 aliphatic heterocycles. The molecule has 0 aliphatic carbocycles. The second-order valence-corrected chi connectivity index (χ2v) is 1.80. The molecule has 0 aromatic carbocycles. The molecule has 0 rings (SSSR count). The molecule has 0 aromatic heterocycles. The molecule has 0 heterocycles. The third-order valence-corrected chi connectivity index (χ3v) is 0. The van der Waals surface area contributed by atoms with Gasteiger partial charge in [-0.25, -0.2) is 0 Å². The predicted molar refractivity (Wildman–Crippen MR) is 15.7 cm³/mol. The first-order valence-corrected chi connectivity index (χ1v) is 2.68. The molecular formula is H5CoNaO4SiZn. The van der Waals surface area contributed by atoms with Crippen LogP contribution in [0.4, 0.5) is 0 Å². The van der Waals surface area contributed by atoms with Crippen molar-refractivity contribution >= 4 is 9.05 Å². The van der Waals surface area contributed by atoms with Gasteiger partial charge >= 0.3 is 38.6 Å². The van der Waals surface area contributed by atoms with Crippen molar-refractivity contribution in [3.63, 3.8) is 0 Å². The van der Waals surface area contributed by atoms with Gasteiger partial charge in [-0.15, -0.1) is 0 Å². The van der Waals surface area contributed by atoms with E-state index in [2.05, 4.69) is 0 Å². The number of hydrogen-bond donors (Lipinski definition) is 4. The van der Waals surface area contributed by atoms with Gasteiger partial charge in [-0.3, -0.25) is 0 Å². The monoisotopic (exact) mass is 243 g/mol. The topological polar surface area (TPSA) is 80.9 Å². The van der Waals surface area contributed by atoms with E-state index in [1.54, 1.807) is 0 Å². The molecule has 8 heavy (non-hydrogen) atoms. The standard InChI is InChI=1S/Co.Na.H4O4Si.Zn.H/c;;1-5(2,3)4;;/h;;1-4H;;/q;+1;;;-1. The summed E-state index contributed by atoms with van der Waals surface area (Å²) in [5.41, 5.74) is 0. The molecule has 4 N–H and O–H groups in total. The van der Waals surface area contributed by atoms with Crippen molar-refractivity contribution in [2.45, 2.75) is 0 Å². The van der Waals surface area contributed by atoms with Crippen LogP contribution in [0.3, 0.4) is 0 Å². The molecule has 0 unspecified atom stereocenters. The zero-order valence-corrected chi connectivity index (χ0v) is 11.3. The van der Waals surface area contributed by atoms with E-state index >= 15 is 0 Å². The van der Waals surface area contributed by atoms with Gasteiger partial charge in [0.05, 0.1) is 0 Å². The van der Waals surface area contributed by atoms with Gasteiger partial charge in [-0.05, 0) is 0 Å². The summed E-state index contributed by atoms with van der Waals surface area (Å²) < 4.78 is 0. The van der Waals surface area contributed by atoms with Crippen LogP contribution in [0.5, 0.6) is 0 Å². The second kappa shape index (κ2) is 9.19. The first kappa shape index (κ1) is 22.5. The van der Waals surface area contributed by atoms with Gasteiger partial charge in [0.15, 0.2) is 0 Å². The van der Waals surface area contributed by atoms with Gasteiger partial charge < -0.3 is 20.6 Å². The Balaban J connectivity index is -0.0000000133. The van der Waals surface area contributed by atoms with Crippen molar-refractivity contribution in [3.05, 3.63) is 0 Å². The normalized spacial score (nSPS) is 7.50. The van der Waals surface area contributed by atoms with Crippen molar-refractivity contribution in [2.24, 2.45) is 0 Å². The minimum absolute atomic E-state index is 0. The van der Waals surface area contributed by atoms with Crippen molar-refractivity contribution < 1.29 is 86.4 Å². The van der Waals surface area contributed by atoms with E-state index in [4.69, 9.17) is 19.2 Å². The summed E-state index contributed by atoms with van der Waals surface area (Å²) in [6.45, 7) is 0. The van der Waals surface area contributed by atoms with Crippen LogP contribution in [-0.4, -0.2) is 28.2 Å². The Labute approximate surface area is 94.5 Å². The maximum absolute atomic E-state index is 7.33. The molecule has 0 saturated heterocycles. The van der Waals surface area contributed by atoms with Crippen LogP contribution < -0.4 is 29.6 Å². The van der Waals surface area contributed by atoms with Crippen molar-refractivity contribution in [2.75, 3.05) is 0 Å². The third-order valence-electron chi connectivity index (χ3n) is 0. The summed E-state index contributed by atoms with van der Waals surface area (Å²) in [5, 5.41) is 0.